The molecule has 0 spiro atoms. The van der Waals surface area contributed by atoms with Crippen molar-refractivity contribution in [3.63, 3.8) is 0 Å². The number of amides is 1. The van der Waals surface area contributed by atoms with Crippen molar-refractivity contribution in [1.82, 2.24) is 5.32 Å². The summed E-state index contributed by atoms with van der Waals surface area (Å²) in [5.41, 5.74) is 6.51. The third kappa shape index (κ3) is 5.68. The van der Waals surface area contributed by atoms with E-state index in [0.717, 1.165) is 9.13 Å². The van der Waals surface area contributed by atoms with Gasteiger partial charge in [0, 0.05) is 16.2 Å². The Morgan fingerprint density at radius 2 is 2.17 bits per heavy atom. The Balaban J connectivity index is 2.46. The number of nitrogens with one attached hydrogen (secondary N) is 1. The van der Waals surface area contributed by atoms with Crippen LogP contribution in [0.5, 0.6) is 0 Å². The van der Waals surface area contributed by atoms with E-state index in [4.69, 9.17) is 10.5 Å². The van der Waals surface area contributed by atoms with E-state index in [0.29, 0.717) is 6.54 Å². The average molecular weight is 362 g/mol. The van der Waals surface area contributed by atoms with E-state index in [9.17, 15) is 4.79 Å². The van der Waals surface area contributed by atoms with Crippen LogP contribution >= 0.6 is 22.6 Å². The van der Waals surface area contributed by atoms with Gasteiger partial charge in [-0.3, -0.25) is 0 Å². The number of benzene rings is 1. The average Bonchev–Trinajstić information content (AvgIpc) is 2.23. The molecule has 1 aromatic rings. The van der Waals surface area contributed by atoms with Crippen molar-refractivity contribution in [3.8, 4) is 0 Å². The Bertz CT molecular complexity index is 416. The standard InChI is InChI=1S/C13H19IN2O2/c1-13(2,3)18-12(17)16-8-11(15)9-5-4-6-10(14)7-9/h4-7,11H,8,15H2,1-3H3,(H,16,17)/t11-/m0/s1. The van der Waals surface area contributed by atoms with E-state index in [1.807, 2.05) is 45.0 Å². The number of hydrogen-bond acceptors (Lipinski definition) is 3. The Labute approximate surface area is 121 Å². The molecule has 0 bridgehead atoms. The Kier molecular flexibility index (Phi) is 5.40. The van der Waals surface area contributed by atoms with Crippen LogP contribution in [0.15, 0.2) is 24.3 Å². The molecule has 0 aliphatic carbocycles. The molecule has 0 radical (unpaired) electrons. The molecule has 0 aliphatic rings. The molecule has 0 unspecified atom stereocenters. The number of carbonyl (C=O) groups excluding carboxylic acids is 1. The van der Waals surface area contributed by atoms with E-state index in [1.165, 1.54) is 0 Å². The van der Waals surface area contributed by atoms with Crippen molar-refractivity contribution in [1.29, 1.82) is 0 Å². The van der Waals surface area contributed by atoms with Crippen molar-refractivity contribution in [2.24, 2.45) is 5.73 Å². The van der Waals surface area contributed by atoms with E-state index >= 15 is 0 Å². The maximum Gasteiger partial charge on any atom is 0.407 e. The highest BCUT2D eigenvalue weighted by molar-refractivity contribution is 14.1. The van der Waals surface area contributed by atoms with Gasteiger partial charge < -0.3 is 15.8 Å². The molecule has 0 saturated carbocycles. The van der Waals surface area contributed by atoms with Gasteiger partial charge in [0.25, 0.3) is 0 Å². The highest BCUT2D eigenvalue weighted by atomic mass is 127. The first-order valence-corrected chi connectivity index (χ1v) is 6.84. The Morgan fingerprint density at radius 1 is 1.50 bits per heavy atom. The number of rotatable bonds is 3. The fourth-order valence-electron chi connectivity index (χ4n) is 1.36. The molecule has 0 aromatic heterocycles. The van der Waals surface area contributed by atoms with E-state index in [1.54, 1.807) is 0 Å². The number of alkyl carbamates (subject to hydrolysis) is 1. The zero-order valence-corrected chi connectivity index (χ0v) is 13.0. The van der Waals surface area contributed by atoms with Crippen LogP contribution in [0.3, 0.4) is 0 Å². The first-order valence-electron chi connectivity index (χ1n) is 5.76. The molecule has 1 atom stereocenters. The topological polar surface area (TPSA) is 64.3 Å². The molecule has 4 nitrogen and oxygen atoms in total. The van der Waals surface area contributed by atoms with Gasteiger partial charge in [-0.25, -0.2) is 4.79 Å². The van der Waals surface area contributed by atoms with Crippen molar-refractivity contribution in [3.05, 3.63) is 33.4 Å². The quantitative estimate of drug-likeness (QED) is 0.813. The van der Waals surface area contributed by atoms with Gasteiger partial charge >= 0.3 is 6.09 Å². The second-order valence-corrected chi connectivity index (χ2v) is 6.29. The van der Waals surface area contributed by atoms with Crippen LogP contribution in [0, 0.1) is 3.57 Å². The van der Waals surface area contributed by atoms with Gasteiger partial charge in [-0.05, 0) is 61.1 Å². The first kappa shape index (κ1) is 15.2. The van der Waals surface area contributed by atoms with Crippen LogP contribution in [0.1, 0.15) is 32.4 Å². The predicted molar refractivity (Wildman–Crippen MR) is 80.3 cm³/mol. The van der Waals surface area contributed by atoms with Crippen molar-refractivity contribution in [2.75, 3.05) is 6.54 Å². The Morgan fingerprint density at radius 3 is 2.72 bits per heavy atom. The lowest BCUT2D eigenvalue weighted by atomic mass is 10.1. The lowest BCUT2D eigenvalue weighted by Crippen LogP contribution is -2.36. The summed E-state index contributed by atoms with van der Waals surface area (Å²) in [5.74, 6) is 0. The molecule has 0 aliphatic heterocycles. The maximum absolute atomic E-state index is 11.5. The SMILES string of the molecule is CC(C)(C)OC(=O)NC[C@H](N)c1cccc(I)c1. The van der Waals surface area contributed by atoms with Gasteiger partial charge in [0.15, 0.2) is 0 Å². The minimum absolute atomic E-state index is 0.229. The summed E-state index contributed by atoms with van der Waals surface area (Å²) < 4.78 is 6.26. The van der Waals surface area contributed by atoms with Gasteiger partial charge in [0.2, 0.25) is 0 Å². The highest BCUT2D eigenvalue weighted by Crippen LogP contribution is 2.13. The monoisotopic (exact) mass is 362 g/mol. The minimum atomic E-state index is -0.490. The van der Waals surface area contributed by atoms with Gasteiger partial charge in [0.1, 0.15) is 5.60 Å². The summed E-state index contributed by atoms with van der Waals surface area (Å²) in [6, 6.07) is 7.67. The molecule has 5 heteroatoms. The summed E-state index contributed by atoms with van der Waals surface area (Å²) in [7, 11) is 0. The third-order valence-corrected chi connectivity index (χ3v) is 2.81. The fraction of sp³-hybridized carbons (Fsp3) is 0.462. The zero-order chi connectivity index (χ0) is 13.8. The molecule has 18 heavy (non-hydrogen) atoms. The molecule has 100 valence electrons. The molecular formula is C13H19IN2O2. The largest absolute Gasteiger partial charge is 0.444 e. The summed E-state index contributed by atoms with van der Waals surface area (Å²) in [4.78, 5) is 11.5. The highest BCUT2D eigenvalue weighted by Gasteiger charge is 2.16. The van der Waals surface area contributed by atoms with Crippen LogP contribution in [0.2, 0.25) is 0 Å². The summed E-state index contributed by atoms with van der Waals surface area (Å²) >= 11 is 2.23. The normalized spacial score (nSPS) is 12.9. The fourth-order valence-corrected chi connectivity index (χ4v) is 1.93. The van der Waals surface area contributed by atoms with Gasteiger partial charge in [0.05, 0.1) is 0 Å². The molecule has 1 aromatic carbocycles. The number of nitrogens with two attached hydrogens (primary N) is 1. The van der Waals surface area contributed by atoms with Gasteiger partial charge in [-0.2, -0.15) is 0 Å². The molecule has 0 heterocycles. The van der Waals surface area contributed by atoms with E-state index in [-0.39, 0.29) is 6.04 Å². The summed E-state index contributed by atoms with van der Waals surface area (Å²) in [6.07, 6.45) is -0.441. The van der Waals surface area contributed by atoms with Crippen molar-refractivity contribution in [2.45, 2.75) is 32.4 Å². The number of hydrogen-bond donors (Lipinski definition) is 2. The van der Waals surface area contributed by atoms with Gasteiger partial charge in [-0.15, -0.1) is 0 Å². The molecule has 3 N–H and O–H groups in total. The molecule has 1 rings (SSSR count). The summed E-state index contributed by atoms with van der Waals surface area (Å²) in [6.45, 7) is 5.83. The van der Waals surface area contributed by atoms with Crippen molar-refractivity contribution < 1.29 is 9.53 Å². The smallest absolute Gasteiger partial charge is 0.407 e. The van der Waals surface area contributed by atoms with Crippen molar-refractivity contribution >= 4 is 28.7 Å². The second-order valence-electron chi connectivity index (χ2n) is 5.04. The molecular weight excluding hydrogens is 343 g/mol. The third-order valence-electron chi connectivity index (χ3n) is 2.14. The minimum Gasteiger partial charge on any atom is -0.444 e. The predicted octanol–water partition coefficient (Wildman–Crippen LogP) is 2.82. The van der Waals surface area contributed by atoms with Crippen LogP contribution in [0.4, 0.5) is 4.79 Å². The maximum atomic E-state index is 11.5. The summed E-state index contributed by atoms with van der Waals surface area (Å²) in [5, 5.41) is 2.67. The van der Waals surface area contributed by atoms with E-state index < -0.39 is 11.7 Å². The Hall–Kier alpha value is -0.820. The van der Waals surface area contributed by atoms with Crippen LogP contribution in [0.25, 0.3) is 0 Å². The van der Waals surface area contributed by atoms with Crippen LogP contribution < -0.4 is 11.1 Å². The van der Waals surface area contributed by atoms with Crippen LogP contribution in [-0.2, 0) is 4.74 Å². The first-order chi connectivity index (χ1) is 8.28. The number of ether oxygens (including phenoxy) is 1. The van der Waals surface area contributed by atoms with E-state index in [2.05, 4.69) is 27.9 Å². The van der Waals surface area contributed by atoms with Crippen LogP contribution in [-0.4, -0.2) is 18.2 Å². The zero-order valence-electron chi connectivity index (χ0n) is 10.9. The second kappa shape index (κ2) is 6.38. The van der Waals surface area contributed by atoms with Gasteiger partial charge in [-0.1, -0.05) is 12.1 Å². The lowest BCUT2D eigenvalue weighted by Gasteiger charge is -2.21. The number of carbonyl (C=O) groups is 1. The molecule has 1 amide bonds. The molecule has 0 saturated heterocycles. The molecule has 0 fully saturated rings. The lowest BCUT2D eigenvalue weighted by molar-refractivity contribution is 0.0524. The number of halogens is 1.